The van der Waals surface area contributed by atoms with Gasteiger partial charge in [-0.05, 0) is 25.7 Å². The monoisotopic (exact) mass is 272 g/mol. The van der Waals surface area contributed by atoms with Crippen molar-refractivity contribution in [2.75, 3.05) is 0 Å². The second-order valence-electron chi connectivity index (χ2n) is 6.31. The third-order valence-corrected chi connectivity index (χ3v) is 6.02. The maximum Gasteiger partial charge on any atom is 0.0137 e. The molecular weight excluding hydrogens is 236 g/mol. The zero-order valence-corrected chi connectivity index (χ0v) is 14.6. The van der Waals surface area contributed by atoms with Crippen molar-refractivity contribution >= 4 is 11.8 Å². The van der Waals surface area contributed by atoms with Gasteiger partial charge in [0, 0.05) is 9.49 Å². The Kier molecular flexibility index (Phi) is 9.47. The van der Waals surface area contributed by atoms with E-state index in [1.165, 1.54) is 57.8 Å². The molecule has 0 heterocycles. The standard InChI is InChI=1S/C17H36S/c1-7-11-14-16(5,10-4)18-17(6,13-9-3)15-12-8-2/h7-15H2,1-6H3. The number of hydrogen-bond acceptors (Lipinski definition) is 1. The zero-order valence-electron chi connectivity index (χ0n) is 13.8. The van der Waals surface area contributed by atoms with E-state index in [9.17, 15) is 0 Å². The summed E-state index contributed by atoms with van der Waals surface area (Å²) in [6.07, 6.45) is 12.2. The van der Waals surface area contributed by atoms with Gasteiger partial charge in [0.25, 0.3) is 0 Å². The molecule has 2 unspecified atom stereocenters. The Morgan fingerprint density at radius 2 is 1.17 bits per heavy atom. The van der Waals surface area contributed by atoms with Crippen molar-refractivity contribution in [1.29, 1.82) is 0 Å². The molecule has 0 aromatic heterocycles. The summed E-state index contributed by atoms with van der Waals surface area (Å²) in [6, 6.07) is 0. The van der Waals surface area contributed by atoms with Crippen LogP contribution in [0.5, 0.6) is 0 Å². The van der Waals surface area contributed by atoms with Crippen LogP contribution in [-0.2, 0) is 0 Å². The van der Waals surface area contributed by atoms with Gasteiger partial charge in [-0.25, -0.2) is 0 Å². The molecule has 18 heavy (non-hydrogen) atoms. The molecule has 0 aliphatic rings. The fourth-order valence-electron chi connectivity index (χ4n) is 2.75. The molecule has 110 valence electrons. The Balaban J connectivity index is 4.58. The van der Waals surface area contributed by atoms with Crippen molar-refractivity contribution < 1.29 is 0 Å². The quantitative estimate of drug-likeness (QED) is 0.397. The number of unbranched alkanes of at least 4 members (excludes halogenated alkanes) is 2. The number of thioether (sulfide) groups is 1. The fraction of sp³-hybridized carbons (Fsp3) is 1.00. The van der Waals surface area contributed by atoms with Gasteiger partial charge < -0.3 is 0 Å². The van der Waals surface area contributed by atoms with Crippen molar-refractivity contribution in [3.05, 3.63) is 0 Å². The topological polar surface area (TPSA) is 0 Å². The molecule has 0 radical (unpaired) electrons. The van der Waals surface area contributed by atoms with E-state index in [0.717, 1.165) is 0 Å². The van der Waals surface area contributed by atoms with Crippen LogP contribution in [0, 0.1) is 0 Å². The van der Waals surface area contributed by atoms with Crippen LogP contribution < -0.4 is 0 Å². The summed E-state index contributed by atoms with van der Waals surface area (Å²) in [5, 5.41) is 0. The lowest BCUT2D eigenvalue weighted by atomic mass is 9.98. The summed E-state index contributed by atoms with van der Waals surface area (Å²) in [5.41, 5.74) is 0. The van der Waals surface area contributed by atoms with Gasteiger partial charge in [-0.1, -0.05) is 73.6 Å². The zero-order chi connectivity index (χ0) is 14.1. The molecule has 0 spiro atoms. The van der Waals surface area contributed by atoms with Gasteiger partial charge in [0.1, 0.15) is 0 Å². The maximum absolute atomic E-state index is 2.51. The summed E-state index contributed by atoms with van der Waals surface area (Å²) in [4.78, 5) is 0. The van der Waals surface area contributed by atoms with Gasteiger partial charge >= 0.3 is 0 Å². The minimum Gasteiger partial charge on any atom is -0.149 e. The SMILES string of the molecule is CCCCC(C)(CC)SC(C)(CCC)CCCC. The first kappa shape index (κ1) is 18.4. The molecule has 0 aliphatic carbocycles. The average molecular weight is 273 g/mol. The minimum absolute atomic E-state index is 0.494. The summed E-state index contributed by atoms with van der Waals surface area (Å²) in [7, 11) is 0. The second-order valence-corrected chi connectivity index (χ2v) is 8.49. The highest BCUT2D eigenvalue weighted by Gasteiger charge is 2.33. The molecule has 2 atom stereocenters. The van der Waals surface area contributed by atoms with Crippen LogP contribution in [-0.4, -0.2) is 9.49 Å². The lowest BCUT2D eigenvalue weighted by Gasteiger charge is -2.39. The molecule has 0 fully saturated rings. The van der Waals surface area contributed by atoms with E-state index in [0.29, 0.717) is 9.49 Å². The molecule has 0 saturated heterocycles. The number of hydrogen-bond donors (Lipinski definition) is 0. The van der Waals surface area contributed by atoms with E-state index >= 15 is 0 Å². The Hall–Kier alpha value is 0.350. The molecule has 0 amide bonds. The van der Waals surface area contributed by atoms with Crippen LogP contribution >= 0.6 is 11.8 Å². The number of rotatable bonds is 11. The third-order valence-electron chi connectivity index (χ3n) is 4.14. The highest BCUT2D eigenvalue weighted by atomic mass is 32.2. The Bertz CT molecular complexity index is 202. The fourth-order valence-corrected chi connectivity index (χ4v) is 4.89. The molecule has 0 N–H and O–H groups in total. The smallest absolute Gasteiger partial charge is 0.0137 e. The minimum atomic E-state index is 0.494. The first-order valence-corrected chi connectivity index (χ1v) is 8.97. The van der Waals surface area contributed by atoms with Gasteiger partial charge in [0.05, 0.1) is 0 Å². The maximum atomic E-state index is 2.51. The van der Waals surface area contributed by atoms with Gasteiger partial charge in [-0.3, -0.25) is 0 Å². The molecule has 0 nitrogen and oxygen atoms in total. The predicted octanol–water partition coefficient (Wildman–Crippen LogP) is 6.83. The van der Waals surface area contributed by atoms with Crippen LogP contribution in [0.4, 0.5) is 0 Å². The van der Waals surface area contributed by atoms with Crippen molar-refractivity contribution in [2.45, 2.75) is 109 Å². The van der Waals surface area contributed by atoms with Crippen LogP contribution in [0.1, 0.15) is 99.3 Å². The normalized spacial score (nSPS) is 18.3. The van der Waals surface area contributed by atoms with E-state index in [1.807, 2.05) is 0 Å². The average Bonchev–Trinajstić information content (AvgIpc) is 2.34. The van der Waals surface area contributed by atoms with Gasteiger partial charge in [0.15, 0.2) is 0 Å². The van der Waals surface area contributed by atoms with Crippen LogP contribution in [0.3, 0.4) is 0 Å². The van der Waals surface area contributed by atoms with E-state index in [1.54, 1.807) is 0 Å². The molecule has 0 saturated carbocycles. The van der Waals surface area contributed by atoms with E-state index < -0.39 is 0 Å². The Morgan fingerprint density at radius 1 is 0.667 bits per heavy atom. The predicted molar refractivity (Wildman–Crippen MR) is 88.7 cm³/mol. The van der Waals surface area contributed by atoms with E-state index in [2.05, 4.69) is 53.3 Å². The molecular formula is C17H36S. The lowest BCUT2D eigenvalue weighted by Crippen LogP contribution is -2.30. The lowest BCUT2D eigenvalue weighted by molar-refractivity contribution is 0.483. The largest absolute Gasteiger partial charge is 0.149 e. The van der Waals surface area contributed by atoms with Crippen molar-refractivity contribution in [3.63, 3.8) is 0 Å². The van der Waals surface area contributed by atoms with Gasteiger partial charge in [0.2, 0.25) is 0 Å². The third kappa shape index (κ3) is 7.07. The van der Waals surface area contributed by atoms with Crippen molar-refractivity contribution in [3.8, 4) is 0 Å². The highest BCUT2D eigenvalue weighted by Crippen LogP contribution is 2.46. The molecule has 0 aliphatic heterocycles. The van der Waals surface area contributed by atoms with E-state index in [4.69, 9.17) is 0 Å². The molecule has 0 rings (SSSR count). The molecule has 0 aromatic rings. The highest BCUT2D eigenvalue weighted by molar-refractivity contribution is 8.01. The molecule has 1 heteroatoms. The first-order chi connectivity index (χ1) is 8.45. The van der Waals surface area contributed by atoms with Gasteiger partial charge in [-0.15, -0.1) is 11.8 Å². The van der Waals surface area contributed by atoms with E-state index in [-0.39, 0.29) is 0 Å². The van der Waals surface area contributed by atoms with Crippen LogP contribution in [0.2, 0.25) is 0 Å². The molecule has 0 aromatic carbocycles. The summed E-state index contributed by atoms with van der Waals surface area (Å²) >= 11 is 2.30. The second kappa shape index (κ2) is 9.28. The van der Waals surface area contributed by atoms with Crippen LogP contribution in [0.25, 0.3) is 0 Å². The van der Waals surface area contributed by atoms with Crippen molar-refractivity contribution in [1.82, 2.24) is 0 Å². The summed E-state index contributed by atoms with van der Waals surface area (Å²) in [6.45, 7) is 14.3. The van der Waals surface area contributed by atoms with Crippen LogP contribution in [0.15, 0.2) is 0 Å². The van der Waals surface area contributed by atoms with Gasteiger partial charge in [-0.2, -0.15) is 0 Å². The first-order valence-electron chi connectivity index (χ1n) is 8.15. The summed E-state index contributed by atoms with van der Waals surface area (Å²) < 4.78 is 0.997. The molecule has 0 bridgehead atoms. The van der Waals surface area contributed by atoms with Crippen molar-refractivity contribution in [2.24, 2.45) is 0 Å². The summed E-state index contributed by atoms with van der Waals surface area (Å²) in [5.74, 6) is 0. The Labute approximate surface area is 121 Å². The Morgan fingerprint density at radius 3 is 1.56 bits per heavy atom.